The quantitative estimate of drug-likeness (QED) is 0.768. The van der Waals surface area contributed by atoms with Crippen molar-refractivity contribution in [2.45, 2.75) is 44.6 Å². The number of ketones is 1. The Hall–Kier alpha value is -0.410. The van der Waals surface area contributed by atoms with Gasteiger partial charge in [0.05, 0.1) is 0 Å². The first kappa shape index (κ1) is 14.0. The molecule has 3 heteroatoms. The minimum Gasteiger partial charge on any atom is -0.306 e. The molecule has 0 aromatic carbocycles. The normalized spacial score (nSPS) is 29.8. The molecule has 1 aliphatic carbocycles. The zero-order valence-corrected chi connectivity index (χ0v) is 12.2. The third-order valence-corrected chi connectivity index (χ3v) is 4.81. The van der Waals surface area contributed by atoms with Crippen molar-refractivity contribution in [2.24, 2.45) is 11.8 Å². The maximum atomic E-state index is 11.4. The van der Waals surface area contributed by atoms with E-state index in [9.17, 15) is 4.79 Å². The van der Waals surface area contributed by atoms with Crippen molar-refractivity contribution in [1.29, 1.82) is 0 Å². The molecule has 2 fully saturated rings. The van der Waals surface area contributed by atoms with Gasteiger partial charge in [0, 0.05) is 25.4 Å². The van der Waals surface area contributed by atoms with Crippen LogP contribution in [0.2, 0.25) is 0 Å². The molecule has 0 aromatic rings. The van der Waals surface area contributed by atoms with E-state index in [2.05, 4.69) is 30.9 Å². The average Bonchev–Trinajstić information content (AvgIpc) is 2.32. The summed E-state index contributed by atoms with van der Waals surface area (Å²) in [6.45, 7) is 2.48. The van der Waals surface area contributed by atoms with E-state index in [4.69, 9.17) is 0 Å². The van der Waals surface area contributed by atoms with Gasteiger partial charge in [0.2, 0.25) is 0 Å². The van der Waals surface area contributed by atoms with Gasteiger partial charge in [0.25, 0.3) is 0 Å². The molecule has 2 unspecified atom stereocenters. The van der Waals surface area contributed by atoms with Gasteiger partial charge in [-0.05, 0) is 65.2 Å². The lowest BCUT2D eigenvalue weighted by Gasteiger charge is -2.43. The topological polar surface area (TPSA) is 23.6 Å². The van der Waals surface area contributed by atoms with Crippen LogP contribution in [0.15, 0.2) is 0 Å². The van der Waals surface area contributed by atoms with Crippen LogP contribution in [-0.2, 0) is 4.79 Å². The largest absolute Gasteiger partial charge is 0.306 e. The first-order valence-electron chi connectivity index (χ1n) is 7.44. The lowest BCUT2D eigenvalue weighted by Crippen LogP contribution is -2.48. The lowest BCUT2D eigenvalue weighted by molar-refractivity contribution is -0.121. The Morgan fingerprint density at radius 2 is 1.83 bits per heavy atom. The fourth-order valence-electron chi connectivity index (χ4n) is 4.02. The first-order chi connectivity index (χ1) is 8.58. The van der Waals surface area contributed by atoms with Gasteiger partial charge in [-0.15, -0.1) is 0 Å². The molecule has 0 aromatic heterocycles. The molecule has 0 spiro atoms. The van der Waals surface area contributed by atoms with Gasteiger partial charge in [0.1, 0.15) is 5.78 Å². The van der Waals surface area contributed by atoms with Gasteiger partial charge < -0.3 is 9.80 Å². The summed E-state index contributed by atoms with van der Waals surface area (Å²) >= 11 is 0. The van der Waals surface area contributed by atoms with E-state index >= 15 is 0 Å². The van der Waals surface area contributed by atoms with E-state index in [1.54, 1.807) is 0 Å². The maximum absolute atomic E-state index is 11.4. The summed E-state index contributed by atoms with van der Waals surface area (Å²) in [7, 11) is 6.68. The summed E-state index contributed by atoms with van der Waals surface area (Å²) in [5, 5.41) is 0. The van der Waals surface area contributed by atoms with E-state index in [0.717, 1.165) is 37.5 Å². The highest BCUT2D eigenvalue weighted by Gasteiger charge is 2.35. The number of carbonyl (C=O) groups is 1. The van der Waals surface area contributed by atoms with Crippen LogP contribution >= 0.6 is 0 Å². The molecular formula is C15H28N2O. The van der Waals surface area contributed by atoms with Crippen LogP contribution in [0.3, 0.4) is 0 Å². The molecule has 0 amide bonds. The highest BCUT2D eigenvalue weighted by molar-refractivity contribution is 5.79. The van der Waals surface area contributed by atoms with E-state index in [0.29, 0.717) is 11.8 Å². The summed E-state index contributed by atoms with van der Waals surface area (Å²) in [5.41, 5.74) is 0. The molecule has 2 rings (SSSR count). The lowest BCUT2D eigenvalue weighted by atomic mass is 9.75. The number of carbonyl (C=O) groups excluding carboxylic acids is 1. The van der Waals surface area contributed by atoms with Crippen LogP contribution in [0, 0.1) is 11.8 Å². The molecule has 0 N–H and O–H groups in total. The Morgan fingerprint density at radius 1 is 1.17 bits per heavy atom. The summed E-state index contributed by atoms with van der Waals surface area (Å²) in [6, 6.07) is 0.667. The minimum absolute atomic E-state index is 0.476. The summed E-state index contributed by atoms with van der Waals surface area (Å²) in [6.07, 6.45) is 6.55. The number of nitrogens with zero attached hydrogens (tertiary/aromatic N) is 2. The molecule has 1 saturated heterocycles. The van der Waals surface area contributed by atoms with Crippen LogP contribution < -0.4 is 0 Å². The van der Waals surface area contributed by atoms with Crippen LogP contribution in [0.25, 0.3) is 0 Å². The first-order valence-corrected chi connectivity index (χ1v) is 7.44. The smallest absolute Gasteiger partial charge is 0.132 e. The number of hydrogen-bond donors (Lipinski definition) is 0. The minimum atomic E-state index is 0.476. The Labute approximate surface area is 112 Å². The third kappa shape index (κ3) is 3.33. The maximum Gasteiger partial charge on any atom is 0.132 e. The molecule has 1 saturated carbocycles. The Morgan fingerprint density at radius 3 is 2.39 bits per heavy atom. The second-order valence-corrected chi connectivity index (χ2v) is 6.49. The van der Waals surface area contributed by atoms with Crippen LogP contribution in [0.1, 0.15) is 38.5 Å². The Kier molecular flexibility index (Phi) is 4.79. The molecule has 2 atom stereocenters. The van der Waals surface area contributed by atoms with Crippen molar-refractivity contribution in [3.8, 4) is 0 Å². The molecular weight excluding hydrogens is 224 g/mol. The molecule has 0 radical (unpaired) electrons. The van der Waals surface area contributed by atoms with Crippen molar-refractivity contribution in [1.82, 2.24) is 9.80 Å². The highest BCUT2D eigenvalue weighted by Crippen LogP contribution is 2.33. The zero-order chi connectivity index (χ0) is 13.1. The SMILES string of the molecule is CN1CCCC(C(C2CCC(=O)CC2)N(C)C)C1. The average molecular weight is 252 g/mol. The Balaban J connectivity index is 2.00. The Bertz CT molecular complexity index is 280. The molecule has 1 heterocycles. The van der Waals surface area contributed by atoms with E-state index in [1.807, 2.05) is 0 Å². The zero-order valence-electron chi connectivity index (χ0n) is 12.2. The second-order valence-electron chi connectivity index (χ2n) is 6.49. The summed E-state index contributed by atoms with van der Waals surface area (Å²) < 4.78 is 0. The predicted molar refractivity (Wildman–Crippen MR) is 74.7 cm³/mol. The van der Waals surface area contributed by atoms with Crippen LogP contribution in [-0.4, -0.2) is 55.9 Å². The molecule has 18 heavy (non-hydrogen) atoms. The number of piperidine rings is 1. The van der Waals surface area contributed by atoms with Crippen molar-refractivity contribution in [3.05, 3.63) is 0 Å². The third-order valence-electron chi connectivity index (χ3n) is 4.81. The van der Waals surface area contributed by atoms with Crippen LogP contribution in [0.4, 0.5) is 0 Å². The van der Waals surface area contributed by atoms with Gasteiger partial charge in [-0.3, -0.25) is 4.79 Å². The number of hydrogen-bond acceptors (Lipinski definition) is 3. The van der Waals surface area contributed by atoms with Crippen molar-refractivity contribution >= 4 is 5.78 Å². The monoisotopic (exact) mass is 252 g/mol. The number of likely N-dealkylation sites (tertiary alicyclic amines) is 1. The van der Waals surface area contributed by atoms with Crippen molar-refractivity contribution in [3.63, 3.8) is 0 Å². The van der Waals surface area contributed by atoms with Crippen molar-refractivity contribution < 1.29 is 4.79 Å². The van der Waals surface area contributed by atoms with Gasteiger partial charge in [0.15, 0.2) is 0 Å². The second kappa shape index (κ2) is 6.16. The fourth-order valence-corrected chi connectivity index (χ4v) is 4.02. The van der Waals surface area contributed by atoms with Gasteiger partial charge in [-0.1, -0.05) is 0 Å². The highest BCUT2D eigenvalue weighted by atomic mass is 16.1. The standard InChI is InChI=1S/C15H28N2O/c1-16(2)15(12-6-8-14(18)9-7-12)13-5-4-10-17(3)11-13/h12-13,15H,4-11H2,1-3H3. The number of rotatable bonds is 3. The summed E-state index contributed by atoms with van der Waals surface area (Å²) in [4.78, 5) is 16.3. The van der Waals surface area contributed by atoms with E-state index in [-0.39, 0.29) is 0 Å². The predicted octanol–water partition coefficient (Wildman–Crippen LogP) is 2.02. The number of Topliss-reactive ketones (excluding diaryl/α,β-unsaturated/α-hetero) is 1. The molecule has 2 aliphatic rings. The molecule has 3 nitrogen and oxygen atoms in total. The van der Waals surface area contributed by atoms with Gasteiger partial charge in [-0.25, -0.2) is 0 Å². The molecule has 104 valence electrons. The van der Waals surface area contributed by atoms with Gasteiger partial charge in [-0.2, -0.15) is 0 Å². The molecule has 0 bridgehead atoms. The fraction of sp³-hybridized carbons (Fsp3) is 0.933. The molecule has 1 aliphatic heterocycles. The van der Waals surface area contributed by atoms with Gasteiger partial charge >= 0.3 is 0 Å². The van der Waals surface area contributed by atoms with Crippen molar-refractivity contribution in [2.75, 3.05) is 34.2 Å². The van der Waals surface area contributed by atoms with E-state index < -0.39 is 0 Å². The van der Waals surface area contributed by atoms with E-state index in [1.165, 1.54) is 25.9 Å². The van der Waals surface area contributed by atoms with Crippen LogP contribution in [0.5, 0.6) is 0 Å². The summed E-state index contributed by atoms with van der Waals surface area (Å²) in [5.74, 6) is 2.00.